The molecule has 0 amide bonds. The highest BCUT2D eigenvalue weighted by molar-refractivity contribution is 5.82. The third-order valence-corrected chi connectivity index (χ3v) is 2.47. The fraction of sp³-hybridized carbons (Fsp3) is 0.667. The lowest BCUT2D eigenvalue weighted by Gasteiger charge is -2.17. The summed E-state index contributed by atoms with van der Waals surface area (Å²) in [5.41, 5.74) is -1.29. The number of carboxylic acid groups (broad SMARTS) is 2. The first-order valence-corrected chi connectivity index (χ1v) is 5.55. The Kier molecular flexibility index (Phi) is 6.46. The van der Waals surface area contributed by atoms with Crippen LogP contribution in [0.4, 0.5) is 0 Å². The molecule has 0 aromatic heterocycles. The molecule has 0 radical (unpaired) electrons. The van der Waals surface area contributed by atoms with Gasteiger partial charge in [0.25, 0.3) is 0 Å². The predicted molar refractivity (Wildman–Crippen MR) is 61.3 cm³/mol. The van der Waals surface area contributed by atoms with Crippen LogP contribution in [0.1, 0.15) is 46.0 Å². The number of hydrogen-bond donors (Lipinski definition) is 2. The summed E-state index contributed by atoms with van der Waals surface area (Å²) in [7, 11) is 0. The Morgan fingerprint density at radius 1 is 1.25 bits per heavy atom. The van der Waals surface area contributed by atoms with E-state index in [0.717, 1.165) is 25.7 Å². The van der Waals surface area contributed by atoms with Crippen LogP contribution in [0.15, 0.2) is 12.2 Å². The molecule has 0 aliphatic carbocycles. The highest BCUT2D eigenvalue weighted by Crippen LogP contribution is 2.24. The lowest BCUT2D eigenvalue weighted by atomic mass is 9.86. The second-order valence-electron chi connectivity index (χ2n) is 4.19. The molecule has 0 aromatic rings. The van der Waals surface area contributed by atoms with Gasteiger partial charge in [0, 0.05) is 0 Å². The molecule has 4 heteroatoms. The Morgan fingerprint density at radius 3 is 2.31 bits per heavy atom. The highest BCUT2D eigenvalue weighted by atomic mass is 16.4. The average Bonchev–Trinajstić information content (AvgIpc) is 2.16. The number of hydrogen-bond acceptors (Lipinski definition) is 2. The van der Waals surface area contributed by atoms with Gasteiger partial charge in [-0.2, -0.15) is 0 Å². The molecule has 92 valence electrons. The van der Waals surface area contributed by atoms with E-state index >= 15 is 0 Å². The van der Waals surface area contributed by atoms with Crippen LogP contribution in [0.5, 0.6) is 0 Å². The molecule has 0 spiro atoms. The van der Waals surface area contributed by atoms with Crippen molar-refractivity contribution < 1.29 is 19.8 Å². The minimum Gasteiger partial charge on any atom is -0.481 e. The van der Waals surface area contributed by atoms with Crippen LogP contribution in [0.3, 0.4) is 0 Å². The third kappa shape index (κ3) is 5.53. The Balaban J connectivity index is 4.32. The van der Waals surface area contributed by atoms with Crippen molar-refractivity contribution in [2.24, 2.45) is 5.41 Å². The monoisotopic (exact) mass is 228 g/mol. The Morgan fingerprint density at radius 2 is 1.88 bits per heavy atom. The van der Waals surface area contributed by atoms with Crippen molar-refractivity contribution >= 4 is 11.9 Å². The average molecular weight is 228 g/mol. The maximum Gasteiger partial charge on any atom is 0.313 e. The van der Waals surface area contributed by atoms with Crippen LogP contribution < -0.4 is 0 Å². The van der Waals surface area contributed by atoms with E-state index in [1.807, 2.05) is 0 Å². The van der Waals surface area contributed by atoms with Crippen molar-refractivity contribution in [1.82, 2.24) is 0 Å². The smallest absolute Gasteiger partial charge is 0.313 e. The van der Waals surface area contributed by atoms with Crippen molar-refractivity contribution in [1.29, 1.82) is 0 Å². The number of rotatable bonds is 8. The molecular weight excluding hydrogens is 208 g/mol. The molecule has 0 aliphatic rings. The van der Waals surface area contributed by atoms with Gasteiger partial charge in [0.05, 0.1) is 11.8 Å². The van der Waals surface area contributed by atoms with E-state index in [4.69, 9.17) is 10.2 Å². The molecule has 0 saturated carbocycles. The summed E-state index contributed by atoms with van der Waals surface area (Å²) in [5.74, 6) is -2.19. The van der Waals surface area contributed by atoms with E-state index in [2.05, 4.69) is 6.92 Å². The second-order valence-corrected chi connectivity index (χ2v) is 4.19. The van der Waals surface area contributed by atoms with Crippen LogP contribution in [-0.2, 0) is 9.59 Å². The van der Waals surface area contributed by atoms with Crippen molar-refractivity contribution in [2.75, 3.05) is 0 Å². The zero-order valence-corrected chi connectivity index (χ0v) is 9.90. The molecule has 0 aromatic carbocycles. The van der Waals surface area contributed by atoms with E-state index in [9.17, 15) is 9.59 Å². The summed E-state index contributed by atoms with van der Waals surface area (Å²) < 4.78 is 0. The summed E-state index contributed by atoms with van der Waals surface area (Å²) in [6.45, 7) is 3.52. The van der Waals surface area contributed by atoms with Crippen molar-refractivity contribution in [3.8, 4) is 0 Å². The first-order valence-electron chi connectivity index (χ1n) is 5.55. The second kappa shape index (κ2) is 7.04. The molecule has 0 fully saturated rings. The molecule has 0 heterocycles. The summed E-state index contributed by atoms with van der Waals surface area (Å²) in [6, 6.07) is 0. The van der Waals surface area contributed by atoms with E-state index in [-0.39, 0.29) is 6.42 Å². The molecule has 0 rings (SSSR count). The Bertz CT molecular complexity index is 270. The van der Waals surface area contributed by atoms with E-state index in [1.54, 1.807) is 6.08 Å². The first-order chi connectivity index (χ1) is 7.42. The van der Waals surface area contributed by atoms with Gasteiger partial charge in [-0.1, -0.05) is 31.9 Å². The van der Waals surface area contributed by atoms with E-state index in [1.165, 1.54) is 13.0 Å². The molecule has 1 unspecified atom stereocenters. The van der Waals surface area contributed by atoms with E-state index in [0.29, 0.717) is 0 Å². The van der Waals surface area contributed by atoms with Gasteiger partial charge in [0.2, 0.25) is 0 Å². The van der Waals surface area contributed by atoms with Gasteiger partial charge >= 0.3 is 11.9 Å². The predicted octanol–water partition coefficient (Wildman–Crippen LogP) is 2.69. The summed E-state index contributed by atoms with van der Waals surface area (Å²) in [6.07, 6.45) is 6.91. The zero-order chi connectivity index (χ0) is 12.6. The number of aliphatic carboxylic acids is 2. The molecule has 16 heavy (non-hydrogen) atoms. The molecule has 1 atom stereocenters. The topological polar surface area (TPSA) is 74.6 Å². The van der Waals surface area contributed by atoms with Crippen LogP contribution in [0.25, 0.3) is 0 Å². The molecule has 0 bridgehead atoms. The van der Waals surface area contributed by atoms with Crippen LogP contribution in [-0.4, -0.2) is 22.2 Å². The number of allylic oxidation sites excluding steroid dienone is 1. The summed E-state index contributed by atoms with van der Waals surface area (Å²) >= 11 is 0. The van der Waals surface area contributed by atoms with Gasteiger partial charge in [-0.25, -0.2) is 0 Å². The maximum atomic E-state index is 11.0. The quantitative estimate of drug-likeness (QED) is 0.494. The maximum absolute atomic E-state index is 11.0. The standard InChI is InChI=1S/C12H20O4/c1-3-4-5-6-7-8-12(2,11(15)16)9-10(13)14/h7-8H,3-6,9H2,1-2H3,(H,13,14)(H,15,16). The van der Waals surface area contributed by atoms with Gasteiger partial charge in [-0.05, 0) is 19.8 Å². The molecule has 2 N–H and O–H groups in total. The van der Waals surface area contributed by atoms with E-state index < -0.39 is 17.4 Å². The molecular formula is C12H20O4. The number of unbranched alkanes of at least 4 members (excludes halogenated alkanes) is 3. The Labute approximate surface area is 96.0 Å². The Hall–Kier alpha value is -1.32. The number of carboxylic acids is 2. The van der Waals surface area contributed by atoms with Gasteiger partial charge in [-0.3, -0.25) is 9.59 Å². The molecule has 4 nitrogen and oxygen atoms in total. The van der Waals surface area contributed by atoms with Gasteiger partial charge in [0.1, 0.15) is 0 Å². The minimum atomic E-state index is -1.29. The minimum absolute atomic E-state index is 0.382. The summed E-state index contributed by atoms with van der Waals surface area (Å²) in [4.78, 5) is 21.5. The fourth-order valence-electron chi connectivity index (χ4n) is 1.38. The van der Waals surface area contributed by atoms with Gasteiger partial charge in [-0.15, -0.1) is 0 Å². The zero-order valence-electron chi connectivity index (χ0n) is 9.90. The summed E-state index contributed by atoms with van der Waals surface area (Å²) in [5, 5.41) is 17.6. The van der Waals surface area contributed by atoms with Crippen molar-refractivity contribution in [3.63, 3.8) is 0 Å². The van der Waals surface area contributed by atoms with Gasteiger partial charge in [0.15, 0.2) is 0 Å². The van der Waals surface area contributed by atoms with Crippen molar-refractivity contribution in [2.45, 2.75) is 46.0 Å². The fourth-order valence-corrected chi connectivity index (χ4v) is 1.38. The molecule has 0 saturated heterocycles. The lowest BCUT2D eigenvalue weighted by molar-refractivity contribution is -0.151. The largest absolute Gasteiger partial charge is 0.481 e. The first kappa shape index (κ1) is 14.7. The highest BCUT2D eigenvalue weighted by Gasteiger charge is 2.32. The number of carbonyl (C=O) groups is 2. The van der Waals surface area contributed by atoms with Crippen LogP contribution >= 0.6 is 0 Å². The van der Waals surface area contributed by atoms with Crippen LogP contribution in [0.2, 0.25) is 0 Å². The van der Waals surface area contributed by atoms with Crippen LogP contribution in [0, 0.1) is 5.41 Å². The third-order valence-electron chi connectivity index (χ3n) is 2.47. The molecule has 0 aliphatic heterocycles. The lowest BCUT2D eigenvalue weighted by Crippen LogP contribution is -2.28. The van der Waals surface area contributed by atoms with Crippen molar-refractivity contribution in [3.05, 3.63) is 12.2 Å². The van der Waals surface area contributed by atoms with Gasteiger partial charge < -0.3 is 10.2 Å². The SMILES string of the molecule is CCCCCC=CC(C)(CC(=O)O)C(=O)O. The normalized spacial score (nSPS) is 14.9.